The zero-order valence-corrected chi connectivity index (χ0v) is 14.0. The normalized spacial score (nSPS) is 12.2. The molecule has 0 aliphatic carbocycles. The zero-order valence-electron chi connectivity index (χ0n) is 13.3. The third kappa shape index (κ3) is 5.06. The van der Waals surface area contributed by atoms with E-state index in [-0.39, 0.29) is 5.91 Å². The van der Waals surface area contributed by atoms with E-state index in [1.807, 2.05) is 36.2 Å². The Labute approximate surface area is 141 Å². The lowest BCUT2D eigenvalue weighted by Crippen LogP contribution is -2.24. The molecule has 2 N–H and O–H groups in total. The van der Waals surface area contributed by atoms with Gasteiger partial charge in [0.1, 0.15) is 0 Å². The summed E-state index contributed by atoms with van der Waals surface area (Å²) in [5.41, 5.74) is 2.57. The van der Waals surface area contributed by atoms with Gasteiger partial charge in [-0.15, -0.1) is 0 Å². The van der Waals surface area contributed by atoms with Crippen molar-refractivity contribution in [2.75, 3.05) is 20.6 Å². The van der Waals surface area contributed by atoms with Crippen molar-refractivity contribution in [2.45, 2.75) is 12.6 Å². The number of aliphatic hydroxyl groups is 1. The van der Waals surface area contributed by atoms with Crippen molar-refractivity contribution >= 4 is 17.5 Å². The van der Waals surface area contributed by atoms with E-state index in [9.17, 15) is 9.90 Å². The van der Waals surface area contributed by atoms with Crippen LogP contribution >= 0.6 is 11.6 Å². The topological polar surface area (TPSA) is 52.6 Å². The molecule has 5 heteroatoms. The minimum absolute atomic E-state index is 0.0944. The molecule has 0 aliphatic rings. The number of hydrogen-bond acceptors (Lipinski definition) is 3. The Morgan fingerprint density at radius 3 is 2.35 bits per heavy atom. The van der Waals surface area contributed by atoms with Crippen LogP contribution in [0.2, 0.25) is 5.02 Å². The first-order valence-electron chi connectivity index (χ1n) is 7.42. The number of nitrogens with one attached hydrogen (secondary N) is 1. The number of halogens is 1. The Hall–Kier alpha value is -1.88. The fraction of sp³-hybridized carbons (Fsp3) is 0.278. The Morgan fingerprint density at radius 2 is 1.78 bits per heavy atom. The first-order chi connectivity index (χ1) is 11.0. The Kier molecular flexibility index (Phi) is 6.16. The smallest absolute Gasteiger partial charge is 0.251 e. The number of amides is 1. The minimum atomic E-state index is -0.567. The Balaban J connectivity index is 1.92. The van der Waals surface area contributed by atoms with Gasteiger partial charge in [-0.25, -0.2) is 0 Å². The monoisotopic (exact) mass is 332 g/mol. The van der Waals surface area contributed by atoms with E-state index in [0.29, 0.717) is 23.7 Å². The van der Waals surface area contributed by atoms with Crippen LogP contribution < -0.4 is 5.32 Å². The zero-order chi connectivity index (χ0) is 16.8. The second-order valence-corrected chi connectivity index (χ2v) is 5.98. The van der Waals surface area contributed by atoms with Gasteiger partial charge in [0.25, 0.3) is 5.91 Å². The van der Waals surface area contributed by atoms with Gasteiger partial charge in [0, 0.05) is 30.7 Å². The lowest BCUT2D eigenvalue weighted by atomic mass is 10.1. The Morgan fingerprint density at radius 1 is 1.17 bits per heavy atom. The van der Waals surface area contributed by atoms with Crippen molar-refractivity contribution in [3.05, 3.63) is 70.2 Å². The average Bonchev–Trinajstić information content (AvgIpc) is 2.55. The highest BCUT2D eigenvalue weighted by Gasteiger charge is 2.11. The molecule has 2 aromatic carbocycles. The van der Waals surface area contributed by atoms with Crippen molar-refractivity contribution in [3.63, 3.8) is 0 Å². The second kappa shape index (κ2) is 8.11. The van der Waals surface area contributed by atoms with E-state index in [2.05, 4.69) is 5.32 Å². The molecule has 0 radical (unpaired) electrons. The van der Waals surface area contributed by atoms with E-state index in [4.69, 9.17) is 11.6 Å². The first-order valence-corrected chi connectivity index (χ1v) is 7.80. The molecule has 2 aromatic rings. The van der Waals surface area contributed by atoms with Gasteiger partial charge in [-0.05, 0) is 42.4 Å². The van der Waals surface area contributed by atoms with Crippen molar-refractivity contribution in [3.8, 4) is 0 Å². The number of hydrogen-bond donors (Lipinski definition) is 2. The highest BCUT2D eigenvalue weighted by molar-refractivity contribution is 6.30. The number of nitrogens with zero attached hydrogens (tertiary/aromatic N) is 1. The summed E-state index contributed by atoms with van der Waals surface area (Å²) in [5, 5.41) is 13.5. The van der Waals surface area contributed by atoms with Gasteiger partial charge in [-0.3, -0.25) is 9.69 Å². The van der Waals surface area contributed by atoms with Crippen molar-refractivity contribution in [2.24, 2.45) is 0 Å². The van der Waals surface area contributed by atoms with Gasteiger partial charge in [0.2, 0.25) is 0 Å². The molecule has 23 heavy (non-hydrogen) atoms. The third-order valence-corrected chi connectivity index (χ3v) is 3.89. The molecule has 0 saturated heterocycles. The predicted octanol–water partition coefficient (Wildman–Crippen LogP) is 2.87. The summed E-state index contributed by atoms with van der Waals surface area (Å²) < 4.78 is 0. The summed E-state index contributed by atoms with van der Waals surface area (Å²) in [5.74, 6) is -0.0944. The van der Waals surface area contributed by atoms with Gasteiger partial charge >= 0.3 is 0 Å². The molecule has 0 saturated carbocycles. The van der Waals surface area contributed by atoms with Crippen LogP contribution in [0, 0.1) is 0 Å². The predicted molar refractivity (Wildman–Crippen MR) is 92.6 cm³/mol. The Bertz CT molecular complexity index is 641. The van der Waals surface area contributed by atoms with E-state index in [1.54, 1.807) is 31.3 Å². The molecule has 1 atom stereocenters. The van der Waals surface area contributed by atoms with Crippen molar-refractivity contribution < 1.29 is 9.90 Å². The summed E-state index contributed by atoms with van der Waals surface area (Å²) in [6, 6.07) is 14.7. The number of rotatable bonds is 6. The maximum absolute atomic E-state index is 11.5. The quantitative estimate of drug-likeness (QED) is 0.855. The molecule has 2 rings (SSSR count). The van der Waals surface area contributed by atoms with E-state index in [0.717, 1.165) is 11.1 Å². The van der Waals surface area contributed by atoms with Gasteiger partial charge in [0.05, 0.1) is 6.10 Å². The molecule has 0 aliphatic heterocycles. The lowest BCUT2D eigenvalue weighted by molar-refractivity contribution is 0.0963. The third-order valence-electron chi connectivity index (χ3n) is 3.64. The van der Waals surface area contributed by atoms with Gasteiger partial charge < -0.3 is 10.4 Å². The van der Waals surface area contributed by atoms with Crippen LogP contribution in [0.15, 0.2) is 48.5 Å². The van der Waals surface area contributed by atoms with Crippen LogP contribution in [0.4, 0.5) is 0 Å². The maximum atomic E-state index is 11.5. The fourth-order valence-electron chi connectivity index (χ4n) is 2.37. The van der Waals surface area contributed by atoms with Crippen LogP contribution in [0.25, 0.3) is 0 Å². The molecular formula is C18H21ClN2O2. The molecule has 0 aromatic heterocycles. The first kappa shape index (κ1) is 17.5. The largest absolute Gasteiger partial charge is 0.387 e. The van der Waals surface area contributed by atoms with E-state index < -0.39 is 6.10 Å². The van der Waals surface area contributed by atoms with Crippen LogP contribution in [-0.2, 0) is 6.54 Å². The van der Waals surface area contributed by atoms with Crippen LogP contribution in [-0.4, -0.2) is 36.6 Å². The van der Waals surface area contributed by atoms with Gasteiger partial charge in [-0.2, -0.15) is 0 Å². The molecule has 4 nitrogen and oxygen atoms in total. The summed E-state index contributed by atoms with van der Waals surface area (Å²) in [6.45, 7) is 1.21. The molecule has 0 unspecified atom stereocenters. The van der Waals surface area contributed by atoms with Crippen LogP contribution in [0.5, 0.6) is 0 Å². The SMILES string of the molecule is CNC(=O)c1ccc(CN(C)C[C@@H](O)c2ccc(Cl)cc2)cc1. The highest BCUT2D eigenvalue weighted by Crippen LogP contribution is 2.18. The molecule has 0 heterocycles. The number of aliphatic hydroxyl groups excluding tert-OH is 1. The van der Waals surface area contributed by atoms with Crippen molar-refractivity contribution in [1.82, 2.24) is 10.2 Å². The lowest BCUT2D eigenvalue weighted by Gasteiger charge is -2.21. The number of carbonyl (C=O) groups excluding carboxylic acids is 1. The number of likely N-dealkylation sites (N-methyl/N-ethyl adjacent to an activating group) is 1. The number of benzene rings is 2. The summed E-state index contributed by atoms with van der Waals surface area (Å²) in [7, 11) is 3.56. The van der Waals surface area contributed by atoms with Crippen LogP contribution in [0.3, 0.4) is 0 Å². The summed E-state index contributed by atoms with van der Waals surface area (Å²) in [6.07, 6.45) is -0.567. The minimum Gasteiger partial charge on any atom is -0.387 e. The molecule has 1 amide bonds. The van der Waals surface area contributed by atoms with Gasteiger partial charge in [-0.1, -0.05) is 35.9 Å². The summed E-state index contributed by atoms with van der Waals surface area (Å²) >= 11 is 5.85. The standard InChI is InChI=1S/C18H21ClN2O2/c1-20-18(23)15-5-3-13(4-6-15)11-21(2)12-17(22)14-7-9-16(19)10-8-14/h3-10,17,22H,11-12H2,1-2H3,(H,20,23)/t17-/m1/s1. The summed E-state index contributed by atoms with van der Waals surface area (Å²) in [4.78, 5) is 13.5. The fourth-order valence-corrected chi connectivity index (χ4v) is 2.49. The van der Waals surface area contributed by atoms with E-state index >= 15 is 0 Å². The highest BCUT2D eigenvalue weighted by atomic mass is 35.5. The van der Waals surface area contributed by atoms with E-state index in [1.165, 1.54) is 0 Å². The maximum Gasteiger partial charge on any atom is 0.251 e. The van der Waals surface area contributed by atoms with Crippen molar-refractivity contribution in [1.29, 1.82) is 0 Å². The second-order valence-electron chi connectivity index (χ2n) is 5.54. The molecule has 122 valence electrons. The van der Waals surface area contributed by atoms with Gasteiger partial charge in [0.15, 0.2) is 0 Å². The molecular weight excluding hydrogens is 312 g/mol. The number of carbonyl (C=O) groups is 1. The average molecular weight is 333 g/mol. The van der Waals surface area contributed by atoms with Crippen LogP contribution in [0.1, 0.15) is 27.6 Å². The molecule has 0 fully saturated rings. The molecule has 0 bridgehead atoms. The molecule has 0 spiro atoms.